The molecule has 0 unspecified atom stereocenters. The van der Waals surface area contributed by atoms with Crippen molar-refractivity contribution in [1.82, 2.24) is 9.78 Å². The Kier molecular flexibility index (Phi) is 8.15. The molecule has 1 heterocycles. The van der Waals surface area contributed by atoms with E-state index in [2.05, 4.69) is 5.10 Å². The molecule has 0 fully saturated rings. The van der Waals surface area contributed by atoms with Crippen LogP contribution in [0.25, 0.3) is 11.8 Å². The normalized spacial score (nSPS) is 10.9. The van der Waals surface area contributed by atoms with Gasteiger partial charge in [0.15, 0.2) is 6.61 Å². The van der Waals surface area contributed by atoms with Gasteiger partial charge in [0, 0.05) is 30.3 Å². The largest absolute Gasteiger partial charge is 0.452 e. The molecule has 176 valence electrons. The summed E-state index contributed by atoms with van der Waals surface area (Å²) in [5, 5.41) is 4.70. The van der Waals surface area contributed by atoms with Crippen molar-refractivity contribution in [3.05, 3.63) is 82.9 Å². The van der Waals surface area contributed by atoms with E-state index in [1.54, 1.807) is 11.6 Å². The first-order chi connectivity index (χ1) is 16.3. The highest BCUT2D eigenvalue weighted by Gasteiger charge is 2.18. The van der Waals surface area contributed by atoms with Gasteiger partial charge in [-0.1, -0.05) is 29.8 Å². The number of anilines is 1. The third-order valence-electron chi connectivity index (χ3n) is 4.79. The van der Waals surface area contributed by atoms with Crippen LogP contribution in [0.3, 0.4) is 0 Å². The lowest BCUT2D eigenvalue weighted by Crippen LogP contribution is -2.37. The van der Waals surface area contributed by atoms with Crippen LogP contribution < -0.4 is 10.6 Å². The summed E-state index contributed by atoms with van der Waals surface area (Å²) >= 11 is 6.43. The first-order valence-corrected chi connectivity index (χ1v) is 10.6. The summed E-state index contributed by atoms with van der Waals surface area (Å²) in [5.74, 6) is -2.46. The fraction of sp³-hybridized carbons (Fsp3) is 0.167. The average Bonchev–Trinajstić information content (AvgIpc) is 3.11. The number of amides is 2. The molecule has 0 spiro atoms. The Morgan fingerprint density at radius 3 is 2.47 bits per heavy atom. The van der Waals surface area contributed by atoms with E-state index in [0.29, 0.717) is 22.1 Å². The number of esters is 1. The number of carbonyl (C=O) groups excluding carboxylic acids is 3. The summed E-state index contributed by atoms with van der Waals surface area (Å²) in [6.07, 6.45) is 2.49. The summed E-state index contributed by atoms with van der Waals surface area (Å²) in [6, 6.07) is 14.4. The minimum atomic E-state index is -0.773. The van der Waals surface area contributed by atoms with E-state index in [-0.39, 0.29) is 13.0 Å². The Bertz CT molecular complexity index is 1210. The fourth-order valence-corrected chi connectivity index (χ4v) is 3.43. The summed E-state index contributed by atoms with van der Waals surface area (Å²) in [4.78, 5) is 37.2. The highest BCUT2D eigenvalue weighted by molar-refractivity contribution is 6.31. The minimum absolute atomic E-state index is 0.0410. The lowest BCUT2D eigenvalue weighted by molar-refractivity contribution is -0.143. The van der Waals surface area contributed by atoms with Crippen LogP contribution in [0.15, 0.2) is 60.7 Å². The summed E-state index contributed by atoms with van der Waals surface area (Å²) in [6.45, 7) is 1.12. The van der Waals surface area contributed by atoms with Crippen molar-refractivity contribution in [3.8, 4) is 5.69 Å². The molecule has 0 aliphatic rings. The van der Waals surface area contributed by atoms with E-state index in [9.17, 15) is 18.8 Å². The molecular weight excluding hydrogens is 463 g/mol. The first-order valence-electron chi connectivity index (χ1n) is 10.3. The molecule has 0 aliphatic carbocycles. The van der Waals surface area contributed by atoms with Gasteiger partial charge in [-0.25, -0.2) is 13.9 Å². The number of nitrogens with zero attached hydrogens (tertiary/aromatic N) is 3. The monoisotopic (exact) mass is 484 g/mol. The molecule has 10 heteroatoms. The molecule has 1 aromatic heterocycles. The highest BCUT2D eigenvalue weighted by Crippen LogP contribution is 2.24. The van der Waals surface area contributed by atoms with Gasteiger partial charge >= 0.3 is 5.97 Å². The molecule has 2 aromatic carbocycles. The molecule has 0 saturated heterocycles. The van der Waals surface area contributed by atoms with Crippen molar-refractivity contribution in [2.45, 2.75) is 13.3 Å². The van der Waals surface area contributed by atoms with E-state index in [1.165, 1.54) is 35.2 Å². The molecule has 0 saturated carbocycles. The van der Waals surface area contributed by atoms with Crippen LogP contribution in [0, 0.1) is 12.7 Å². The van der Waals surface area contributed by atoms with Crippen molar-refractivity contribution in [2.75, 3.05) is 18.1 Å². The Morgan fingerprint density at radius 2 is 1.82 bits per heavy atom. The van der Waals surface area contributed by atoms with E-state index >= 15 is 0 Å². The quantitative estimate of drug-likeness (QED) is 0.370. The zero-order valence-electron chi connectivity index (χ0n) is 18.3. The van der Waals surface area contributed by atoms with Gasteiger partial charge in [-0.15, -0.1) is 0 Å². The number of carbonyl (C=O) groups is 3. The van der Waals surface area contributed by atoms with E-state index in [0.717, 1.165) is 11.8 Å². The number of aryl methyl sites for hydroxylation is 1. The number of hydrogen-bond acceptors (Lipinski definition) is 5. The van der Waals surface area contributed by atoms with Gasteiger partial charge in [-0.05, 0) is 49.4 Å². The van der Waals surface area contributed by atoms with Crippen LogP contribution in [0.4, 0.5) is 10.1 Å². The lowest BCUT2D eigenvalue weighted by atomic mass is 10.2. The third kappa shape index (κ3) is 6.29. The summed E-state index contributed by atoms with van der Waals surface area (Å²) in [5.41, 5.74) is 7.41. The molecule has 0 atom stereocenters. The predicted molar refractivity (Wildman–Crippen MR) is 126 cm³/mol. The number of aromatic nitrogens is 2. The number of para-hydroxylation sites is 1. The van der Waals surface area contributed by atoms with Crippen LogP contribution in [0.1, 0.15) is 17.7 Å². The number of benzene rings is 2. The second kappa shape index (κ2) is 11.2. The van der Waals surface area contributed by atoms with Gasteiger partial charge in [-0.2, -0.15) is 5.10 Å². The molecule has 0 radical (unpaired) electrons. The first kappa shape index (κ1) is 24.7. The van der Waals surface area contributed by atoms with Crippen LogP contribution in [-0.4, -0.2) is 40.7 Å². The predicted octanol–water partition coefficient (Wildman–Crippen LogP) is 3.44. The number of rotatable bonds is 9. The van der Waals surface area contributed by atoms with Crippen molar-refractivity contribution < 1.29 is 23.5 Å². The summed E-state index contributed by atoms with van der Waals surface area (Å²) in [7, 11) is 0. The maximum absolute atomic E-state index is 13.2. The van der Waals surface area contributed by atoms with E-state index in [1.807, 2.05) is 30.3 Å². The van der Waals surface area contributed by atoms with Crippen molar-refractivity contribution in [1.29, 1.82) is 0 Å². The van der Waals surface area contributed by atoms with Crippen LogP contribution >= 0.6 is 11.6 Å². The second-order valence-corrected chi connectivity index (χ2v) is 7.57. The van der Waals surface area contributed by atoms with Crippen molar-refractivity contribution >= 4 is 41.1 Å². The van der Waals surface area contributed by atoms with Gasteiger partial charge in [0.1, 0.15) is 11.0 Å². The number of nitrogens with two attached hydrogens (primary N) is 1. The third-order valence-corrected chi connectivity index (χ3v) is 5.16. The maximum atomic E-state index is 13.2. The van der Waals surface area contributed by atoms with Gasteiger partial charge in [0.05, 0.1) is 11.4 Å². The zero-order chi connectivity index (χ0) is 24.7. The van der Waals surface area contributed by atoms with Crippen LogP contribution in [0.5, 0.6) is 0 Å². The highest BCUT2D eigenvalue weighted by atomic mass is 35.5. The van der Waals surface area contributed by atoms with Crippen LogP contribution in [-0.2, 0) is 19.1 Å². The van der Waals surface area contributed by atoms with Gasteiger partial charge in [0.25, 0.3) is 5.91 Å². The molecule has 2 amide bonds. The minimum Gasteiger partial charge on any atom is -0.452 e. The molecule has 2 N–H and O–H groups in total. The van der Waals surface area contributed by atoms with Gasteiger partial charge < -0.3 is 15.4 Å². The number of ether oxygens (including phenoxy) is 1. The van der Waals surface area contributed by atoms with E-state index in [4.69, 9.17) is 22.1 Å². The average molecular weight is 485 g/mol. The molecule has 0 aliphatic heterocycles. The van der Waals surface area contributed by atoms with Crippen molar-refractivity contribution in [3.63, 3.8) is 0 Å². The van der Waals surface area contributed by atoms with Crippen LogP contribution in [0.2, 0.25) is 5.15 Å². The number of hydrogen-bond donors (Lipinski definition) is 1. The molecular formula is C24H22ClFN4O4. The summed E-state index contributed by atoms with van der Waals surface area (Å²) < 4.78 is 19.8. The molecule has 3 aromatic rings. The standard InChI is InChI=1S/C24H22ClFN4O4/c1-16-20(24(25)30(28-16)19-5-3-2-4-6-19)11-12-23(33)34-15-22(32)29(14-13-21(27)31)18-9-7-17(26)8-10-18/h2-12H,13-15H2,1H3,(H2,27,31)/b12-11+. The molecule has 8 nitrogen and oxygen atoms in total. The lowest BCUT2D eigenvalue weighted by Gasteiger charge is -2.22. The maximum Gasteiger partial charge on any atom is 0.331 e. The SMILES string of the molecule is Cc1nn(-c2ccccc2)c(Cl)c1/C=C/C(=O)OCC(=O)N(CCC(N)=O)c1ccc(F)cc1. The zero-order valence-corrected chi connectivity index (χ0v) is 19.0. The molecule has 34 heavy (non-hydrogen) atoms. The Labute approximate surface area is 200 Å². The molecule has 0 bridgehead atoms. The van der Waals surface area contributed by atoms with Gasteiger partial charge in [-0.3, -0.25) is 9.59 Å². The Morgan fingerprint density at radius 1 is 1.15 bits per heavy atom. The van der Waals surface area contributed by atoms with Crippen molar-refractivity contribution in [2.24, 2.45) is 5.73 Å². The van der Waals surface area contributed by atoms with E-state index < -0.39 is 30.2 Å². The van der Waals surface area contributed by atoms with Gasteiger partial charge in [0.2, 0.25) is 5.91 Å². The topological polar surface area (TPSA) is 108 Å². The fourth-order valence-electron chi connectivity index (χ4n) is 3.09. The second-order valence-electron chi connectivity index (χ2n) is 7.22. The number of halogens is 2. The Balaban J connectivity index is 1.66. The molecule has 3 rings (SSSR count). The number of primary amides is 1. The smallest absolute Gasteiger partial charge is 0.331 e. The Hall–Kier alpha value is -3.98.